The van der Waals surface area contributed by atoms with E-state index in [-0.39, 0.29) is 0 Å². The summed E-state index contributed by atoms with van der Waals surface area (Å²) >= 11 is 0. The van der Waals surface area contributed by atoms with Crippen LogP contribution in [0.5, 0.6) is 0 Å². The number of benzene rings is 2. The van der Waals surface area contributed by atoms with Crippen molar-refractivity contribution in [1.82, 2.24) is 0 Å². The van der Waals surface area contributed by atoms with Crippen molar-refractivity contribution in [3.05, 3.63) is 71.3 Å². The zero-order valence-electron chi connectivity index (χ0n) is 19.6. The van der Waals surface area contributed by atoms with Gasteiger partial charge in [0.25, 0.3) is 0 Å². The largest absolute Gasteiger partial charge is 0.145 e. The van der Waals surface area contributed by atoms with Crippen LogP contribution in [-0.4, -0.2) is 8.07 Å². The average Bonchev–Trinajstić information content (AvgIpc) is 2.67. The number of rotatable bonds is 8. The molecule has 1 heteroatoms. The molecule has 0 saturated carbocycles. The van der Waals surface area contributed by atoms with Crippen molar-refractivity contribution in [2.45, 2.75) is 90.3 Å². The summed E-state index contributed by atoms with van der Waals surface area (Å²) < 4.78 is 0. The van der Waals surface area contributed by atoms with E-state index in [1.807, 2.05) is 0 Å². The summed E-state index contributed by atoms with van der Waals surface area (Å²) in [5.74, 6) is 4.21. The lowest BCUT2D eigenvalue weighted by Gasteiger charge is -2.38. The first-order valence-electron chi connectivity index (χ1n) is 11.4. The van der Waals surface area contributed by atoms with Crippen LogP contribution in [0.15, 0.2) is 54.6 Å². The molecule has 156 valence electrons. The Hall–Kier alpha value is -1.78. The minimum Gasteiger partial charge on any atom is -0.130 e. The van der Waals surface area contributed by atoms with Gasteiger partial charge in [-0.1, -0.05) is 102 Å². The molecule has 1 atom stereocenters. The Morgan fingerprint density at radius 2 is 1.31 bits per heavy atom. The topological polar surface area (TPSA) is 0 Å². The Morgan fingerprint density at radius 3 is 1.83 bits per heavy atom. The van der Waals surface area contributed by atoms with Crippen LogP contribution in [0.3, 0.4) is 0 Å². The maximum Gasteiger partial charge on any atom is 0.145 e. The molecule has 2 rings (SSSR count). The molecule has 0 aromatic heterocycles. The Morgan fingerprint density at radius 1 is 0.759 bits per heavy atom. The van der Waals surface area contributed by atoms with E-state index in [0.717, 1.165) is 19.3 Å². The highest BCUT2D eigenvalue weighted by Gasteiger charge is 2.41. The second kappa shape index (κ2) is 10.8. The molecule has 0 fully saturated rings. The van der Waals surface area contributed by atoms with Crippen molar-refractivity contribution in [2.24, 2.45) is 0 Å². The molecule has 0 saturated heterocycles. The van der Waals surface area contributed by atoms with Crippen LogP contribution in [0.1, 0.15) is 77.0 Å². The van der Waals surface area contributed by atoms with Gasteiger partial charge in [0.05, 0.1) is 0 Å². The lowest BCUT2D eigenvalue weighted by Crippen LogP contribution is -2.43. The summed E-state index contributed by atoms with van der Waals surface area (Å²) in [7, 11) is -1.62. The molecular weight excluding hydrogens is 364 g/mol. The fourth-order valence-corrected chi connectivity index (χ4v) is 10.3. The first kappa shape index (κ1) is 23.5. The molecule has 1 unspecified atom stereocenters. The SMILES string of the molecule is Cc1ccc(C(CCC#C[Si](C(C)C)(C(C)C)C(C)C)Cc2ccccc2)cc1. The van der Waals surface area contributed by atoms with E-state index in [4.69, 9.17) is 0 Å². The van der Waals surface area contributed by atoms with E-state index in [9.17, 15) is 0 Å². The minimum absolute atomic E-state index is 0.528. The third kappa shape index (κ3) is 6.10. The Kier molecular flexibility index (Phi) is 8.78. The van der Waals surface area contributed by atoms with E-state index < -0.39 is 8.07 Å². The summed E-state index contributed by atoms with van der Waals surface area (Å²) in [6, 6.07) is 20.0. The predicted molar refractivity (Wildman–Crippen MR) is 132 cm³/mol. The van der Waals surface area contributed by atoms with Gasteiger partial charge in [-0.3, -0.25) is 0 Å². The van der Waals surface area contributed by atoms with Gasteiger partial charge in [-0.2, -0.15) is 0 Å². The molecule has 0 nitrogen and oxygen atoms in total. The van der Waals surface area contributed by atoms with Gasteiger partial charge in [0.15, 0.2) is 0 Å². The smallest absolute Gasteiger partial charge is 0.130 e. The van der Waals surface area contributed by atoms with E-state index in [0.29, 0.717) is 22.5 Å². The van der Waals surface area contributed by atoms with Gasteiger partial charge in [0.2, 0.25) is 0 Å². The second-order valence-corrected chi connectivity index (χ2v) is 15.1. The standard InChI is InChI=1S/C28H40Si/c1-22(2)29(23(3)4,24(5)6)20-12-11-15-28(21-26-13-9-8-10-14-26)27-18-16-25(7)17-19-27/h8-10,13-14,16-19,22-24,28H,11,15,21H2,1-7H3. The summed E-state index contributed by atoms with van der Waals surface area (Å²) in [6.45, 7) is 16.5. The third-order valence-electron chi connectivity index (χ3n) is 6.66. The average molecular weight is 405 g/mol. The number of hydrogen-bond donors (Lipinski definition) is 0. The highest BCUT2D eigenvalue weighted by molar-refractivity contribution is 6.90. The van der Waals surface area contributed by atoms with Crippen molar-refractivity contribution in [3.8, 4) is 11.5 Å². The van der Waals surface area contributed by atoms with E-state index >= 15 is 0 Å². The fraction of sp³-hybridized carbons (Fsp3) is 0.500. The number of hydrogen-bond acceptors (Lipinski definition) is 0. The molecule has 2 aromatic rings. The molecule has 0 aliphatic rings. The Balaban J connectivity index is 2.20. The quantitative estimate of drug-likeness (QED) is 0.306. The molecule has 0 heterocycles. The summed E-state index contributed by atoms with van der Waals surface area (Å²) in [4.78, 5) is 0. The predicted octanol–water partition coefficient (Wildman–Crippen LogP) is 8.32. The molecule has 0 amide bonds. The molecule has 0 spiro atoms. The first-order chi connectivity index (χ1) is 13.8. The molecule has 2 aromatic carbocycles. The van der Waals surface area contributed by atoms with E-state index in [2.05, 4.69) is 115 Å². The summed E-state index contributed by atoms with van der Waals surface area (Å²) in [5.41, 5.74) is 10.2. The summed E-state index contributed by atoms with van der Waals surface area (Å²) in [5, 5.41) is 0. The second-order valence-electron chi connectivity index (χ2n) is 9.53. The van der Waals surface area contributed by atoms with Gasteiger partial charge < -0.3 is 0 Å². The minimum atomic E-state index is -1.62. The normalized spacial score (nSPS) is 12.9. The van der Waals surface area contributed by atoms with Crippen LogP contribution in [0.2, 0.25) is 16.6 Å². The maximum absolute atomic E-state index is 3.90. The van der Waals surface area contributed by atoms with Crippen molar-refractivity contribution < 1.29 is 0 Å². The number of aryl methyl sites for hydroxylation is 1. The van der Waals surface area contributed by atoms with Crippen molar-refractivity contribution in [2.75, 3.05) is 0 Å². The van der Waals surface area contributed by atoms with Gasteiger partial charge in [-0.25, -0.2) is 0 Å². The highest BCUT2D eigenvalue weighted by atomic mass is 28.3. The lowest BCUT2D eigenvalue weighted by atomic mass is 9.88. The van der Waals surface area contributed by atoms with Gasteiger partial charge in [-0.15, -0.1) is 11.5 Å². The molecule has 0 radical (unpaired) electrons. The van der Waals surface area contributed by atoms with Crippen LogP contribution in [0.25, 0.3) is 0 Å². The van der Waals surface area contributed by atoms with Gasteiger partial charge in [-0.05, 0) is 53.4 Å². The molecule has 29 heavy (non-hydrogen) atoms. The van der Waals surface area contributed by atoms with Crippen molar-refractivity contribution in [3.63, 3.8) is 0 Å². The maximum atomic E-state index is 3.90. The molecule has 0 bridgehead atoms. The van der Waals surface area contributed by atoms with Gasteiger partial charge in [0.1, 0.15) is 8.07 Å². The van der Waals surface area contributed by atoms with Crippen LogP contribution < -0.4 is 0 Å². The fourth-order valence-electron chi connectivity index (χ4n) is 5.02. The summed E-state index contributed by atoms with van der Waals surface area (Å²) in [6.07, 6.45) is 3.21. The van der Waals surface area contributed by atoms with E-state index in [1.54, 1.807) is 0 Å². The van der Waals surface area contributed by atoms with Gasteiger partial charge in [0, 0.05) is 6.42 Å². The monoisotopic (exact) mass is 404 g/mol. The van der Waals surface area contributed by atoms with Crippen molar-refractivity contribution in [1.29, 1.82) is 0 Å². The van der Waals surface area contributed by atoms with Crippen molar-refractivity contribution >= 4 is 8.07 Å². The molecular formula is C28H40Si. The molecule has 0 aliphatic heterocycles. The van der Waals surface area contributed by atoms with E-state index in [1.165, 1.54) is 16.7 Å². The van der Waals surface area contributed by atoms with Crippen LogP contribution in [0.4, 0.5) is 0 Å². The Bertz CT molecular complexity index is 766. The van der Waals surface area contributed by atoms with Gasteiger partial charge >= 0.3 is 0 Å². The lowest BCUT2D eigenvalue weighted by molar-refractivity contribution is 0.634. The Labute approximate surface area is 181 Å². The van der Waals surface area contributed by atoms with Crippen LogP contribution >= 0.6 is 0 Å². The third-order valence-corrected chi connectivity index (χ3v) is 13.0. The molecule has 0 aliphatic carbocycles. The van der Waals surface area contributed by atoms with Crippen LogP contribution in [-0.2, 0) is 6.42 Å². The zero-order chi connectivity index (χ0) is 21.4. The zero-order valence-corrected chi connectivity index (χ0v) is 20.6. The first-order valence-corrected chi connectivity index (χ1v) is 13.6. The van der Waals surface area contributed by atoms with Crippen LogP contribution in [0, 0.1) is 18.4 Å². The molecule has 0 N–H and O–H groups in total. The highest BCUT2D eigenvalue weighted by Crippen LogP contribution is 2.40.